The predicted molar refractivity (Wildman–Crippen MR) is 84.6 cm³/mol. The average Bonchev–Trinajstić information content (AvgIpc) is 2.30. The summed E-state index contributed by atoms with van der Waals surface area (Å²) in [5.41, 5.74) is -0.813. The van der Waals surface area contributed by atoms with E-state index < -0.39 is 34.6 Å². The van der Waals surface area contributed by atoms with Crippen molar-refractivity contribution in [1.29, 1.82) is 0 Å². The summed E-state index contributed by atoms with van der Waals surface area (Å²) in [6.45, 7) is 2.67. The molecule has 118 valence electrons. The summed E-state index contributed by atoms with van der Waals surface area (Å²) < 4.78 is 27.7. The SMILES string of the molecule is Cc1cc(Br)c(S(=O)(=O)NCC(C)(O)CC(=O)O)cc1Br. The van der Waals surface area contributed by atoms with Crippen LogP contribution < -0.4 is 4.72 Å². The average molecular weight is 445 g/mol. The highest BCUT2D eigenvalue weighted by Gasteiger charge is 2.28. The lowest BCUT2D eigenvalue weighted by Gasteiger charge is -2.21. The summed E-state index contributed by atoms with van der Waals surface area (Å²) in [6, 6.07) is 3.09. The fourth-order valence-corrected chi connectivity index (χ4v) is 4.39. The summed E-state index contributed by atoms with van der Waals surface area (Å²) in [6.07, 6.45) is -0.561. The van der Waals surface area contributed by atoms with Gasteiger partial charge in [0.2, 0.25) is 10.0 Å². The molecule has 6 nitrogen and oxygen atoms in total. The van der Waals surface area contributed by atoms with Crippen LogP contribution in [0.2, 0.25) is 0 Å². The molecule has 0 aliphatic heterocycles. The van der Waals surface area contributed by atoms with E-state index >= 15 is 0 Å². The van der Waals surface area contributed by atoms with Gasteiger partial charge in [0.1, 0.15) is 0 Å². The molecule has 9 heteroatoms. The van der Waals surface area contributed by atoms with Crippen LogP contribution in [-0.2, 0) is 14.8 Å². The van der Waals surface area contributed by atoms with Gasteiger partial charge in [0, 0.05) is 15.5 Å². The normalized spacial score (nSPS) is 14.7. The van der Waals surface area contributed by atoms with E-state index in [0.717, 1.165) is 5.56 Å². The monoisotopic (exact) mass is 443 g/mol. The Hall–Kier alpha value is -0.480. The second-order valence-electron chi connectivity index (χ2n) is 4.92. The van der Waals surface area contributed by atoms with Crippen LogP contribution in [0, 0.1) is 6.92 Å². The van der Waals surface area contributed by atoms with Gasteiger partial charge in [0.05, 0.1) is 16.9 Å². The highest BCUT2D eigenvalue weighted by atomic mass is 79.9. The van der Waals surface area contributed by atoms with Gasteiger partial charge in [0.15, 0.2) is 0 Å². The van der Waals surface area contributed by atoms with E-state index in [1.165, 1.54) is 13.0 Å². The van der Waals surface area contributed by atoms with Crippen LogP contribution in [0.1, 0.15) is 18.9 Å². The molecule has 0 spiro atoms. The molecule has 21 heavy (non-hydrogen) atoms. The summed E-state index contributed by atoms with van der Waals surface area (Å²) in [5, 5.41) is 18.5. The Morgan fingerprint density at radius 1 is 1.33 bits per heavy atom. The predicted octanol–water partition coefficient (Wildman–Crippen LogP) is 2.02. The van der Waals surface area contributed by atoms with E-state index in [9.17, 15) is 18.3 Å². The van der Waals surface area contributed by atoms with Gasteiger partial charge in [0.25, 0.3) is 0 Å². The van der Waals surface area contributed by atoms with Crippen molar-refractivity contribution < 1.29 is 23.4 Å². The zero-order chi connectivity index (χ0) is 16.4. The molecule has 1 atom stereocenters. The van der Waals surface area contributed by atoms with Gasteiger partial charge in [-0.1, -0.05) is 15.9 Å². The first-order valence-electron chi connectivity index (χ1n) is 5.84. The van der Waals surface area contributed by atoms with Gasteiger partial charge in [-0.2, -0.15) is 0 Å². The molecule has 0 aliphatic carbocycles. The standard InChI is InChI=1S/C12H15Br2NO5S/c1-7-3-9(14)10(4-8(7)13)21(19,20)15-6-12(2,18)5-11(16)17/h3-4,15,18H,5-6H2,1-2H3,(H,16,17). The number of hydrogen-bond acceptors (Lipinski definition) is 4. The lowest BCUT2D eigenvalue weighted by Crippen LogP contribution is -2.42. The number of carboxylic acid groups (broad SMARTS) is 1. The maximum Gasteiger partial charge on any atom is 0.306 e. The number of sulfonamides is 1. The molecule has 0 saturated heterocycles. The number of aryl methyl sites for hydroxylation is 1. The molecule has 0 fully saturated rings. The first-order valence-corrected chi connectivity index (χ1v) is 8.91. The summed E-state index contributed by atoms with van der Waals surface area (Å²) in [5.74, 6) is -1.21. The Bertz CT molecular complexity index is 658. The van der Waals surface area contributed by atoms with Gasteiger partial charge >= 0.3 is 5.97 Å². The van der Waals surface area contributed by atoms with Crippen molar-refractivity contribution in [1.82, 2.24) is 4.72 Å². The fraction of sp³-hybridized carbons (Fsp3) is 0.417. The van der Waals surface area contributed by atoms with E-state index in [2.05, 4.69) is 36.6 Å². The zero-order valence-electron chi connectivity index (χ0n) is 11.4. The topological polar surface area (TPSA) is 104 Å². The number of aliphatic carboxylic acids is 1. The fourth-order valence-electron chi connectivity index (χ4n) is 1.55. The number of hydrogen-bond donors (Lipinski definition) is 3. The van der Waals surface area contributed by atoms with E-state index in [4.69, 9.17) is 5.11 Å². The third-order valence-corrected chi connectivity index (χ3v) is 5.89. The molecular weight excluding hydrogens is 430 g/mol. The summed E-state index contributed by atoms with van der Waals surface area (Å²) >= 11 is 6.44. The van der Waals surface area contributed by atoms with Crippen LogP contribution in [0.4, 0.5) is 0 Å². The molecule has 1 aromatic rings. The second kappa shape index (κ2) is 6.74. The Labute approximate surface area is 139 Å². The highest BCUT2D eigenvalue weighted by Crippen LogP contribution is 2.28. The molecule has 1 unspecified atom stereocenters. The van der Waals surface area contributed by atoms with Gasteiger partial charge in [-0.15, -0.1) is 0 Å². The largest absolute Gasteiger partial charge is 0.481 e. The Balaban J connectivity index is 2.98. The first-order chi connectivity index (χ1) is 9.44. The van der Waals surface area contributed by atoms with Crippen molar-refractivity contribution in [2.45, 2.75) is 30.8 Å². The first kappa shape index (κ1) is 18.6. The number of carbonyl (C=O) groups is 1. The van der Waals surface area contributed by atoms with Crippen LogP contribution >= 0.6 is 31.9 Å². The van der Waals surface area contributed by atoms with Crippen molar-refractivity contribution in [3.63, 3.8) is 0 Å². The number of halogens is 2. The molecule has 0 aromatic heterocycles. The van der Waals surface area contributed by atoms with Crippen LogP contribution in [0.25, 0.3) is 0 Å². The molecular formula is C12H15Br2NO5S. The molecule has 1 aromatic carbocycles. The molecule has 0 bridgehead atoms. The maximum absolute atomic E-state index is 12.2. The second-order valence-corrected chi connectivity index (χ2v) is 8.37. The van der Waals surface area contributed by atoms with Crippen molar-refractivity contribution in [3.05, 3.63) is 26.6 Å². The lowest BCUT2D eigenvalue weighted by molar-refractivity contribution is -0.141. The quantitative estimate of drug-likeness (QED) is 0.622. The van der Waals surface area contributed by atoms with Gasteiger partial charge in [-0.05, 0) is 47.5 Å². The van der Waals surface area contributed by atoms with Gasteiger partial charge in [-0.25, -0.2) is 13.1 Å². The van der Waals surface area contributed by atoms with Crippen LogP contribution in [0.3, 0.4) is 0 Å². The van der Waals surface area contributed by atoms with Crippen molar-refractivity contribution in [2.75, 3.05) is 6.54 Å². The number of aliphatic hydroxyl groups is 1. The molecule has 1 rings (SSSR count). The van der Waals surface area contributed by atoms with Gasteiger partial charge < -0.3 is 10.2 Å². The maximum atomic E-state index is 12.2. The smallest absolute Gasteiger partial charge is 0.306 e. The van der Waals surface area contributed by atoms with Crippen molar-refractivity contribution >= 4 is 47.9 Å². The Morgan fingerprint density at radius 2 is 1.90 bits per heavy atom. The number of benzene rings is 1. The zero-order valence-corrected chi connectivity index (χ0v) is 15.3. The Kier molecular flexibility index (Phi) is 5.96. The van der Waals surface area contributed by atoms with Crippen molar-refractivity contribution in [2.24, 2.45) is 0 Å². The summed E-state index contributed by atoms with van der Waals surface area (Å²) in [4.78, 5) is 10.6. The number of nitrogens with one attached hydrogen (secondary N) is 1. The molecule has 0 heterocycles. The molecule has 0 amide bonds. The van der Waals surface area contributed by atoms with Gasteiger partial charge in [-0.3, -0.25) is 4.79 Å². The third-order valence-electron chi connectivity index (χ3n) is 2.68. The molecule has 0 radical (unpaired) electrons. The molecule has 0 aliphatic rings. The summed E-state index contributed by atoms with van der Waals surface area (Å²) in [7, 11) is -3.88. The van der Waals surface area contributed by atoms with Crippen LogP contribution in [-0.4, -0.2) is 36.7 Å². The third kappa shape index (κ3) is 5.33. The Morgan fingerprint density at radius 3 is 2.43 bits per heavy atom. The molecule has 3 N–H and O–H groups in total. The molecule has 0 saturated carbocycles. The van der Waals surface area contributed by atoms with Crippen LogP contribution in [0.15, 0.2) is 26.0 Å². The highest BCUT2D eigenvalue weighted by molar-refractivity contribution is 9.11. The minimum atomic E-state index is -3.88. The lowest BCUT2D eigenvalue weighted by atomic mass is 10.0. The minimum Gasteiger partial charge on any atom is -0.481 e. The number of carboxylic acids is 1. The van der Waals surface area contributed by atoms with E-state index in [1.54, 1.807) is 6.07 Å². The van der Waals surface area contributed by atoms with E-state index in [-0.39, 0.29) is 4.90 Å². The number of rotatable bonds is 6. The van der Waals surface area contributed by atoms with Crippen molar-refractivity contribution in [3.8, 4) is 0 Å². The van der Waals surface area contributed by atoms with E-state index in [0.29, 0.717) is 8.95 Å². The van der Waals surface area contributed by atoms with E-state index in [1.807, 2.05) is 6.92 Å². The minimum absolute atomic E-state index is 0.00565. The van der Waals surface area contributed by atoms with Crippen LogP contribution in [0.5, 0.6) is 0 Å².